The van der Waals surface area contributed by atoms with Gasteiger partial charge in [-0.25, -0.2) is 0 Å². The summed E-state index contributed by atoms with van der Waals surface area (Å²) in [6, 6.07) is 3.70. The number of fused-ring (bicyclic) bond motifs is 1. The van der Waals surface area contributed by atoms with E-state index in [-0.39, 0.29) is 36.6 Å². The summed E-state index contributed by atoms with van der Waals surface area (Å²) in [5.74, 6) is 1.65. The van der Waals surface area contributed by atoms with E-state index in [1.54, 1.807) is 0 Å². The first-order valence-electron chi connectivity index (χ1n) is 8.66. The Kier molecular flexibility index (Phi) is 6.93. The van der Waals surface area contributed by atoms with Gasteiger partial charge in [-0.2, -0.15) is 0 Å². The van der Waals surface area contributed by atoms with Crippen molar-refractivity contribution in [2.75, 3.05) is 19.8 Å². The minimum absolute atomic E-state index is 0. The van der Waals surface area contributed by atoms with E-state index in [0.717, 1.165) is 29.0 Å². The van der Waals surface area contributed by atoms with Crippen molar-refractivity contribution in [2.45, 2.75) is 52.0 Å². The standard InChI is InChI=1S/C18H26N2O4.ClH/c1-4-22-15-8-13-7-11(2)24-16(13)9-14(15)10-20-18(21)17-12(3)23-6-5-19-17;/h8-9,11-12,17,19H,4-7,10H2,1-3H3,(H,20,21);1H/t11?,12-,17+;/m1./s1. The van der Waals surface area contributed by atoms with Gasteiger partial charge in [0.15, 0.2) is 0 Å². The number of hydrogen-bond donors (Lipinski definition) is 2. The average Bonchev–Trinajstić information content (AvgIpc) is 2.92. The van der Waals surface area contributed by atoms with Gasteiger partial charge in [-0.15, -0.1) is 12.4 Å². The molecule has 0 saturated carbocycles. The molecule has 1 saturated heterocycles. The number of amides is 1. The molecule has 25 heavy (non-hydrogen) atoms. The lowest BCUT2D eigenvalue weighted by atomic mass is 10.1. The lowest BCUT2D eigenvalue weighted by Gasteiger charge is -2.29. The maximum absolute atomic E-state index is 12.4. The Hall–Kier alpha value is -1.50. The van der Waals surface area contributed by atoms with Crippen LogP contribution >= 0.6 is 12.4 Å². The summed E-state index contributed by atoms with van der Waals surface area (Å²) >= 11 is 0. The van der Waals surface area contributed by atoms with Crippen LogP contribution in [0.25, 0.3) is 0 Å². The zero-order valence-electron chi connectivity index (χ0n) is 15.0. The van der Waals surface area contributed by atoms with Gasteiger partial charge in [0.05, 0.1) is 19.3 Å². The fourth-order valence-electron chi connectivity index (χ4n) is 3.23. The number of carbonyl (C=O) groups is 1. The molecule has 0 bridgehead atoms. The normalized spacial score (nSPS) is 24.7. The molecule has 2 aliphatic rings. The van der Waals surface area contributed by atoms with E-state index in [2.05, 4.69) is 17.6 Å². The molecule has 0 aromatic heterocycles. The monoisotopic (exact) mass is 370 g/mol. The van der Waals surface area contributed by atoms with Gasteiger partial charge in [-0.05, 0) is 32.9 Å². The minimum atomic E-state index is -0.319. The molecule has 1 aromatic rings. The van der Waals surface area contributed by atoms with Crippen molar-refractivity contribution < 1.29 is 19.0 Å². The Balaban J connectivity index is 0.00000225. The smallest absolute Gasteiger partial charge is 0.240 e. The SMILES string of the molecule is CCOc1cc2c(cc1CNC(=O)[C@H]1NCCO[C@@H]1C)OC(C)C2.Cl. The Bertz CT molecular complexity index is 611. The molecule has 1 fully saturated rings. The summed E-state index contributed by atoms with van der Waals surface area (Å²) in [6.45, 7) is 8.25. The molecule has 1 amide bonds. The zero-order valence-corrected chi connectivity index (χ0v) is 15.8. The van der Waals surface area contributed by atoms with Gasteiger partial charge in [0.25, 0.3) is 0 Å². The largest absolute Gasteiger partial charge is 0.494 e. The average molecular weight is 371 g/mol. The van der Waals surface area contributed by atoms with Crippen molar-refractivity contribution in [3.63, 3.8) is 0 Å². The number of halogens is 1. The third-order valence-corrected chi connectivity index (χ3v) is 4.43. The maximum atomic E-state index is 12.4. The number of benzene rings is 1. The van der Waals surface area contributed by atoms with Gasteiger partial charge < -0.3 is 24.8 Å². The van der Waals surface area contributed by atoms with Crippen molar-refractivity contribution in [3.05, 3.63) is 23.3 Å². The molecule has 6 nitrogen and oxygen atoms in total. The Labute approximate surface area is 155 Å². The first-order valence-corrected chi connectivity index (χ1v) is 8.66. The van der Waals surface area contributed by atoms with Crippen molar-refractivity contribution in [1.82, 2.24) is 10.6 Å². The molecule has 2 heterocycles. The highest BCUT2D eigenvalue weighted by molar-refractivity contribution is 5.85. The van der Waals surface area contributed by atoms with Crippen LogP contribution in [0.3, 0.4) is 0 Å². The summed E-state index contributed by atoms with van der Waals surface area (Å²) in [5.41, 5.74) is 2.10. The van der Waals surface area contributed by atoms with Crippen LogP contribution in [0.5, 0.6) is 11.5 Å². The molecule has 0 spiro atoms. The highest BCUT2D eigenvalue weighted by Gasteiger charge is 2.28. The lowest BCUT2D eigenvalue weighted by molar-refractivity contribution is -0.129. The molecule has 2 N–H and O–H groups in total. The number of hydrogen-bond acceptors (Lipinski definition) is 5. The molecule has 0 aliphatic carbocycles. The second kappa shape index (κ2) is 8.74. The first kappa shape index (κ1) is 19.8. The summed E-state index contributed by atoms with van der Waals surface area (Å²) in [7, 11) is 0. The molecule has 3 atom stereocenters. The van der Waals surface area contributed by atoms with Gasteiger partial charge in [0.1, 0.15) is 23.6 Å². The summed E-state index contributed by atoms with van der Waals surface area (Å²) in [4.78, 5) is 12.4. The lowest BCUT2D eigenvalue weighted by Crippen LogP contribution is -2.55. The van der Waals surface area contributed by atoms with Gasteiger partial charge in [0, 0.05) is 30.6 Å². The van der Waals surface area contributed by atoms with Crippen LogP contribution in [-0.4, -0.2) is 43.9 Å². The van der Waals surface area contributed by atoms with Gasteiger partial charge >= 0.3 is 0 Å². The van der Waals surface area contributed by atoms with Gasteiger partial charge in [-0.3, -0.25) is 4.79 Å². The number of morpholine rings is 1. The molecule has 1 aromatic carbocycles. The second-order valence-corrected chi connectivity index (χ2v) is 6.36. The number of carbonyl (C=O) groups excluding carboxylic acids is 1. The third-order valence-electron chi connectivity index (χ3n) is 4.43. The summed E-state index contributed by atoms with van der Waals surface area (Å²) in [5, 5.41) is 6.18. The molecule has 7 heteroatoms. The van der Waals surface area contributed by atoms with Crippen molar-refractivity contribution in [1.29, 1.82) is 0 Å². The molecule has 1 unspecified atom stereocenters. The topological polar surface area (TPSA) is 68.8 Å². The highest BCUT2D eigenvalue weighted by Crippen LogP contribution is 2.35. The van der Waals surface area contributed by atoms with Gasteiger partial charge in [0.2, 0.25) is 5.91 Å². The van der Waals surface area contributed by atoms with Crippen molar-refractivity contribution >= 4 is 18.3 Å². The zero-order chi connectivity index (χ0) is 17.1. The van der Waals surface area contributed by atoms with Crippen molar-refractivity contribution in [2.24, 2.45) is 0 Å². The van der Waals surface area contributed by atoms with E-state index in [9.17, 15) is 4.79 Å². The Morgan fingerprint density at radius 1 is 1.40 bits per heavy atom. The fourth-order valence-corrected chi connectivity index (χ4v) is 3.23. The number of nitrogens with one attached hydrogen (secondary N) is 2. The molecule has 140 valence electrons. The van der Waals surface area contributed by atoms with Crippen LogP contribution in [0.1, 0.15) is 31.9 Å². The Morgan fingerprint density at radius 3 is 2.92 bits per heavy atom. The van der Waals surface area contributed by atoms with E-state index in [1.165, 1.54) is 0 Å². The first-order chi connectivity index (χ1) is 11.6. The van der Waals surface area contributed by atoms with E-state index in [4.69, 9.17) is 14.2 Å². The van der Waals surface area contributed by atoms with Crippen LogP contribution in [0.4, 0.5) is 0 Å². The number of rotatable bonds is 5. The molecule has 3 rings (SSSR count). The second-order valence-electron chi connectivity index (χ2n) is 6.36. The van der Waals surface area contributed by atoms with Crippen LogP contribution in [-0.2, 0) is 22.5 Å². The maximum Gasteiger partial charge on any atom is 0.240 e. The van der Waals surface area contributed by atoms with Crippen LogP contribution in [0, 0.1) is 0 Å². The quantitative estimate of drug-likeness (QED) is 0.827. The fraction of sp³-hybridized carbons (Fsp3) is 0.611. The highest BCUT2D eigenvalue weighted by atomic mass is 35.5. The predicted octanol–water partition coefficient (Wildman–Crippen LogP) is 1.82. The van der Waals surface area contributed by atoms with Crippen LogP contribution in [0.15, 0.2) is 12.1 Å². The van der Waals surface area contributed by atoms with Crippen molar-refractivity contribution in [3.8, 4) is 11.5 Å². The molecular formula is C18H27ClN2O4. The van der Waals surface area contributed by atoms with E-state index >= 15 is 0 Å². The molecule has 2 aliphatic heterocycles. The summed E-state index contributed by atoms with van der Waals surface area (Å²) in [6.07, 6.45) is 0.946. The van der Waals surface area contributed by atoms with Crippen LogP contribution < -0.4 is 20.1 Å². The van der Waals surface area contributed by atoms with Gasteiger partial charge in [-0.1, -0.05) is 0 Å². The summed E-state index contributed by atoms with van der Waals surface area (Å²) < 4.78 is 17.1. The minimum Gasteiger partial charge on any atom is -0.494 e. The predicted molar refractivity (Wildman–Crippen MR) is 97.7 cm³/mol. The molecular weight excluding hydrogens is 344 g/mol. The van der Waals surface area contributed by atoms with E-state index < -0.39 is 0 Å². The third kappa shape index (κ3) is 4.57. The number of ether oxygens (including phenoxy) is 3. The van der Waals surface area contributed by atoms with Crippen LogP contribution in [0.2, 0.25) is 0 Å². The van der Waals surface area contributed by atoms with E-state index in [0.29, 0.717) is 26.3 Å². The van der Waals surface area contributed by atoms with E-state index in [1.807, 2.05) is 26.0 Å². The molecule has 0 radical (unpaired) electrons. The Morgan fingerprint density at radius 2 is 2.20 bits per heavy atom.